The van der Waals surface area contributed by atoms with Gasteiger partial charge in [0.2, 0.25) is 0 Å². The second-order valence-electron chi connectivity index (χ2n) is 4.80. The molecule has 1 aliphatic carbocycles. The molecule has 1 saturated carbocycles. The average Bonchev–Trinajstić information content (AvgIpc) is 2.85. The molecule has 2 rings (SSSR count). The van der Waals surface area contributed by atoms with E-state index >= 15 is 0 Å². The van der Waals surface area contributed by atoms with Gasteiger partial charge in [-0.1, -0.05) is 12.8 Å². The Hall–Kier alpha value is -0.430. The molecule has 0 spiro atoms. The molecule has 0 bridgehead atoms. The number of hydrogen-bond acceptors (Lipinski definition) is 4. The Morgan fingerprint density at radius 3 is 2.59 bits per heavy atom. The minimum Gasteiger partial charge on any atom is -0.326 e. The third-order valence-electron chi connectivity index (χ3n) is 3.19. The fourth-order valence-corrected chi connectivity index (χ4v) is 4.94. The van der Waals surface area contributed by atoms with E-state index in [1.807, 2.05) is 6.92 Å². The number of rotatable bonds is 4. The van der Waals surface area contributed by atoms with Crippen LogP contribution in [-0.4, -0.2) is 14.0 Å². The summed E-state index contributed by atoms with van der Waals surface area (Å²) in [5.41, 5.74) is 5.22. The maximum atomic E-state index is 12.2. The van der Waals surface area contributed by atoms with Crippen LogP contribution >= 0.6 is 11.3 Å². The van der Waals surface area contributed by atoms with E-state index in [-0.39, 0.29) is 5.54 Å². The van der Waals surface area contributed by atoms with Gasteiger partial charge >= 0.3 is 0 Å². The van der Waals surface area contributed by atoms with E-state index in [1.54, 1.807) is 12.1 Å². The van der Waals surface area contributed by atoms with Crippen LogP contribution in [0.2, 0.25) is 0 Å². The molecule has 4 nitrogen and oxygen atoms in total. The van der Waals surface area contributed by atoms with Crippen LogP contribution in [0, 0.1) is 0 Å². The SMILES string of the molecule is CC1(NS(=O)(=O)c2ccc(CN)s2)CCCC1. The van der Waals surface area contributed by atoms with Crippen molar-refractivity contribution >= 4 is 21.4 Å². The number of sulfonamides is 1. The van der Waals surface area contributed by atoms with Gasteiger partial charge < -0.3 is 5.73 Å². The maximum absolute atomic E-state index is 12.2. The maximum Gasteiger partial charge on any atom is 0.250 e. The molecule has 0 unspecified atom stereocenters. The molecule has 96 valence electrons. The molecule has 17 heavy (non-hydrogen) atoms. The molecule has 3 N–H and O–H groups in total. The van der Waals surface area contributed by atoms with Crippen molar-refractivity contribution in [1.82, 2.24) is 4.72 Å². The van der Waals surface area contributed by atoms with Crippen LogP contribution in [0.4, 0.5) is 0 Å². The van der Waals surface area contributed by atoms with Gasteiger partial charge in [0.15, 0.2) is 0 Å². The molecular formula is C11H18N2O2S2. The zero-order valence-corrected chi connectivity index (χ0v) is 11.5. The van der Waals surface area contributed by atoms with Crippen molar-refractivity contribution in [3.05, 3.63) is 17.0 Å². The summed E-state index contributed by atoms with van der Waals surface area (Å²) in [5, 5.41) is 0. The molecule has 0 radical (unpaired) electrons. The van der Waals surface area contributed by atoms with Gasteiger partial charge in [-0.2, -0.15) is 0 Å². The van der Waals surface area contributed by atoms with E-state index in [9.17, 15) is 8.42 Å². The Balaban J connectivity index is 2.18. The van der Waals surface area contributed by atoms with Crippen molar-refractivity contribution in [2.75, 3.05) is 0 Å². The summed E-state index contributed by atoms with van der Waals surface area (Å²) in [6, 6.07) is 3.41. The predicted molar refractivity (Wildman–Crippen MR) is 69.4 cm³/mol. The van der Waals surface area contributed by atoms with Crippen LogP contribution in [0.25, 0.3) is 0 Å². The van der Waals surface area contributed by atoms with Crippen molar-refractivity contribution < 1.29 is 8.42 Å². The highest BCUT2D eigenvalue weighted by atomic mass is 32.2. The van der Waals surface area contributed by atoms with Gasteiger partial charge in [-0.05, 0) is 31.9 Å². The second kappa shape index (κ2) is 4.68. The fraction of sp³-hybridized carbons (Fsp3) is 0.636. The Labute approximate surface area is 106 Å². The third kappa shape index (κ3) is 2.88. The molecule has 0 amide bonds. The third-order valence-corrected chi connectivity index (χ3v) is 6.43. The minimum atomic E-state index is -3.38. The highest BCUT2D eigenvalue weighted by Gasteiger charge is 2.33. The van der Waals surface area contributed by atoms with Gasteiger partial charge in [0.1, 0.15) is 4.21 Å². The molecule has 6 heteroatoms. The van der Waals surface area contributed by atoms with E-state index in [1.165, 1.54) is 11.3 Å². The van der Waals surface area contributed by atoms with Crippen molar-refractivity contribution in [2.24, 2.45) is 5.73 Å². The molecule has 0 saturated heterocycles. The lowest BCUT2D eigenvalue weighted by Gasteiger charge is -2.24. The summed E-state index contributed by atoms with van der Waals surface area (Å²) in [6.07, 6.45) is 4.03. The molecule has 1 aromatic heterocycles. The Bertz CT molecular complexity index is 487. The molecule has 1 aromatic rings. The van der Waals surface area contributed by atoms with Crippen LogP contribution in [0.1, 0.15) is 37.5 Å². The van der Waals surface area contributed by atoms with E-state index in [2.05, 4.69) is 4.72 Å². The first-order chi connectivity index (χ1) is 7.95. The zero-order chi connectivity index (χ0) is 12.5. The second-order valence-corrected chi connectivity index (χ2v) is 7.88. The topological polar surface area (TPSA) is 72.2 Å². The molecule has 1 heterocycles. The predicted octanol–water partition coefficient (Wildman–Crippen LogP) is 1.82. The normalized spacial score (nSPS) is 19.6. The van der Waals surface area contributed by atoms with Crippen LogP contribution in [0.15, 0.2) is 16.3 Å². The molecule has 1 fully saturated rings. The van der Waals surface area contributed by atoms with E-state index in [4.69, 9.17) is 5.73 Å². The first kappa shape index (κ1) is 13.0. The Morgan fingerprint density at radius 2 is 2.06 bits per heavy atom. The first-order valence-electron chi connectivity index (χ1n) is 5.78. The van der Waals surface area contributed by atoms with Gasteiger partial charge in [-0.15, -0.1) is 11.3 Å². The molecular weight excluding hydrogens is 256 g/mol. The summed E-state index contributed by atoms with van der Waals surface area (Å²) >= 11 is 1.25. The van der Waals surface area contributed by atoms with Gasteiger partial charge in [0, 0.05) is 17.0 Å². The summed E-state index contributed by atoms with van der Waals surface area (Å²) < 4.78 is 27.6. The summed E-state index contributed by atoms with van der Waals surface area (Å²) in [5.74, 6) is 0. The number of nitrogens with two attached hydrogens (primary N) is 1. The monoisotopic (exact) mass is 274 g/mol. The Morgan fingerprint density at radius 1 is 1.41 bits per heavy atom. The van der Waals surface area contributed by atoms with E-state index < -0.39 is 10.0 Å². The molecule has 1 aliphatic rings. The standard InChI is InChI=1S/C11H18N2O2S2/c1-11(6-2-3-7-11)13-17(14,15)10-5-4-9(8-12)16-10/h4-5,13H,2-3,6-8,12H2,1H3. The largest absolute Gasteiger partial charge is 0.326 e. The van der Waals surface area contributed by atoms with Gasteiger partial charge in [0.25, 0.3) is 10.0 Å². The summed E-state index contributed by atoms with van der Waals surface area (Å²) in [7, 11) is -3.38. The summed E-state index contributed by atoms with van der Waals surface area (Å²) in [4.78, 5) is 0.891. The smallest absolute Gasteiger partial charge is 0.250 e. The average molecular weight is 274 g/mol. The van der Waals surface area contributed by atoms with Crippen molar-refractivity contribution in [2.45, 2.75) is 48.9 Å². The number of hydrogen-bond donors (Lipinski definition) is 2. The van der Waals surface area contributed by atoms with E-state index in [0.717, 1.165) is 30.6 Å². The fourth-order valence-electron chi connectivity index (χ4n) is 2.24. The first-order valence-corrected chi connectivity index (χ1v) is 8.08. The Kier molecular flexibility index (Phi) is 3.58. The quantitative estimate of drug-likeness (QED) is 0.879. The van der Waals surface area contributed by atoms with Gasteiger partial charge in [0.05, 0.1) is 0 Å². The van der Waals surface area contributed by atoms with Crippen LogP contribution in [0.5, 0.6) is 0 Å². The van der Waals surface area contributed by atoms with Crippen molar-refractivity contribution in [3.8, 4) is 0 Å². The van der Waals surface area contributed by atoms with Crippen molar-refractivity contribution in [3.63, 3.8) is 0 Å². The summed E-state index contributed by atoms with van der Waals surface area (Å²) in [6.45, 7) is 2.37. The highest BCUT2D eigenvalue weighted by Crippen LogP contribution is 2.31. The lowest BCUT2D eigenvalue weighted by Crippen LogP contribution is -2.43. The van der Waals surface area contributed by atoms with Crippen LogP contribution < -0.4 is 10.5 Å². The van der Waals surface area contributed by atoms with E-state index in [0.29, 0.717) is 10.8 Å². The van der Waals surface area contributed by atoms with Gasteiger partial charge in [-0.25, -0.2) is 13.1 Å². The van der Waals surface area contributed by atoms with Crippen LogP contribution in [0.3, 0.4) is 0 Å². The lowest BCUT2D eigenvalue weighted by molar-refractivity contribution is 0.428. The lowest BCUT2D eigenvalue weighted by atomic mass is 10.0. The molecule has 0 aliphatic heterocycles. The number of nitrogens with one attached hydrogen (secondary N) is 1. The molecule has 0 atom stereocenters. The van der Waals surface area contributed by atoms with Crippen LogP contribution in [-0.2, 0) is 16.6 Å². The zero-order valence-electron chi connectivity index (χ0n) is 9.90. The highest BCUT2D eigenvalue weighted by molar-refractivity contribution is 7.91. The minimum absolute atomic E-state index is 0.272. The number of thiophene rings is 1. The molecule has 0 aromatic carbocycles. The van der Waals surface area contributed by atoms with Gasteiger partial charge in [-0.3, -0.25) is 0 Å². The van der Waals surface area contributed by atoms with Crippen molar-refractivity contribution in [1.29, 1.82) is 0 Å².